The molecule has 1 heterocycles. The van der Waals surface area contributed by atoms with Gasteiger partial charge >= 0.3 is 6.09 Å². The minimum absolute atomic E-state index is 0.0534. The van der Waals surface area contributed by atoms with Crippen LogP contribution in [0.15, 0.2) is 24.3 Å². The van der Waals surface area contributed by atoms with Crippen LogP contribution in [-0.4, -0.2) is 49.0 Å². The van der Waals surface area contributed by atoms with Crippen molar-refractivity contribution < 1.29 is 19.1 Å². The maximum Gasteiger partial charge on any atom is 0.409 e. The van der Waals surface area contributed by atoms with Crippen molar-refractivity contribution in [2.75, 3.05) is 20.2 Å². The van der Waals surface area contributed by atoms with E-state index in [4.69, 9.17) is 4.74 Å². The summed E-state index contributed by atoms with van der Waals surface area (Å²) in [6.07, 6.45) is 8.34. The second kappa shape index (κ2) is 8.99. The first kappa shape index (κ1) is 22.2. The normalized spacial score (nSPS) is 30.7. The highest BCUT2D eigenvalue weighted by Crippen LogP contribution is 2.60. The van der Waals surface area contributed by atoms with Crippen LogP contribution in [0.25, 0.3) is 0 Å². The Hall–Kier alpha value is -2.57. The van der Waals surface area contributed by atoms with Crippen LogP contribution in [-0.2, 0) is 16.1 Å². The molecule has 7 heteroatoms. The number of ether oxygens (including phenoxy) is 1. The Morgan fingerprint density at radius 2 is 1.55 bits per heavy atom. The van der Waals surface area contributed by atoms with E-state index < -0.39 is 0 Å². The highest BCUT2D eigenvalue weighted by molar-refractivity contribution is 5.94. The lowest BCUT2D eigenvalue weighted by atomic mass is 9.49. The van der Waals surface area contributed by atoms with Gasteiger partial charge in [0.05, 0.1) is 7.11 Å². The molecule has 1 aromatic carbocycles. The molecular formula is C26H35N3O4. The third kappa shape index (κ3) is 4.59. The Bertz CT molecular complexity index is 869. The van der Waals surface area contributed by atoms with Crippen LogP contribution < -0.4 is 10.6 Å². The molecule has 1 saturated heterocycles. The summed E-state index contributed by atoms with van der Waals surface area (Å²) in [5.41, 5.74) is 1.50. The van der Waals surface area contributed by atoms with E-state index >= 15 is 0 Å². The summed E-state index contributed by atoms with van der Waals surface area (Å²) >= 11 is 0. The highest BCUT2D eigenvalue weighted by atomic mass is 16.5. The van der Waals surface area contributed by atoms with Gasteiger partial charge in [0, 0.05) is 36.7 Å². The quantitative estimate of drug-likeness (QED) is 0.715. The molecule has 0 radical (unpaired) electrons. The minimum atomic E-state index is -0.314. The van der Waals surface area contributed by atoms with Crippen molar-refractivity contribution in [1.29, 1.82) is 0 Å². The van der Waals surface area contributed by atoms with Gasteiger partial charge in [-0.3, -0.25) is 9.59 Å². The van der Waals surface area contributed by atoms with Gasteiger partial charge in [-0.1, -0.05) is 12.1 Å². The second-order valence-corrected chi connectivity index (χ2v) is 10.8. The zero-order valence-electron chi connectivity index (χ0n) is 19.5. The minimum Gasteiger partial charge on any atom is -0.453 e. The van der Waals surface area contributed by atoms with Crippen molar-refractivity contribution in [3.05, 3.63) is 35.4 Å². The van der Waals surface area contributed by atoms with Gasteiger partial charge in [-0.25, -0.2) is 4.79 Å². The van der Waals surface area contributed by atoms with Gasteiger partial charge in [-0.15, -0.1) is 0 Å². The summed E-state index contributed by atoms with van der Waals surface area (Å²) in [4.78, 5) is 39.0. The average Bonchev–Trinajstić information content (AvgIpc) is 2.82. The van der Waals surface area contributed by atoms with E-state index in [0.717, 1.165) is 55.4 Å². The van der Waals surface area contributed by atoms with Crippen LogP contribution in [0, 0.1) is 23.2 Å². The van der Waals surface area contributed by atoms with Crippen LogP contribution in [0.4, 0.5) is 4.79 Å². The van der Waals surface area contributed by atoms with Gasteiger partial charge in [0.25, 0.3) is 5.91 Å². The topological polar surface area (TPSA) is 87.7 Å². The van der Waals surface area contributed by atoms with Gasteiger partial charge in [0.15, 0.2) is 0 Å². The summed E-state index contributed by atoms with van der Waals surface area (Å²) < 4.78 is 4.75. The standard InChI is InChI=1S/C26H35N3O4/c1-33-25(32)29-8-6-22(7-9-29)28-23(30)21-4-2-17(3-5-21)16-27-24(31)26-13-18-10-19(14-26)12-20(11-18)15-26/h2-5,18-20,22H,6-16H2,1H3,(H,27,31)(H,28,30). The van der Waals surface area contributed by atoms with Crippen LogP contribution >= 0.6 is 0 Å². The third-order valence-electron chi connectivity index (χ3n) is 8.45. The van der Waals surface area contributed by atoms with Crippen LogP contribution in [0.3, 0.4) is 0 Å². The number of carbonyl (C=O) groups excluding carboxylic acids is 3. The Kier molecular flexibility index (Phi) is 6.06. The fraction of sp³-hybridized carbons (Fsp3) is 0.654. The molecule has 5 fully saturated rings. The average molecular weight is 454 g/mol. The number of nitrogens with one attached hydrogen (secondary N) is 2. The predicted molar refractivity (Wildman–Crippen MR) is 123 cm³/mol. The Balaban J connectivity index is 1.10. The summed E-state index contributed by atoms with van der Waals surface area (Å²) in [5.74, 6) is 2.41. The lowest BCUT2D eigenvalue weighted by Gasteiger charge is -2.55. The number of benzene rings is 1. The van der Waals surface area contributed by atoms with Gasteiger partial charge < -0.3 is 20.3 Å². The molecule has 2 N–H and O–H groups in total. The summed E-state index contributed by atoms with van der Waals surface area (Å²) in [6, 6.07) is 7.55. The smallest absolute Gasteiger partial charge is 0.409 e. The number of hydrogen-bond donors (Lipinski definition) is 2. The second-order valence-electron chi connectivity index (χ2n) is 10.8. The summed E-state index contributed by atoms with van der Waals surface area (Å²) in [6.45, 7) is 1.68. The number of carbonyl (C=O) groups is 3. The molecule has 0 atom stereocenters. The number of piperidine rings is 1. The summed E-state index contributed by atoms with van der Waals surface area (Å²) in [5, 5.41) is 6.28. The fourth-order valence-electron chi connectivity index (χ4n) is 7.14. The zero-order chi connectivity index (χ0) is 23.0. The lowest BCUT2D eigenvalue weighted by molar-refractivity contribution is -0.146. The monoisotopic (exact) mass is 453 g/mol. The van der Waals surface area contributed by atoms with E-state index in [-0.39, 0.29) is 29.4 Å². The maximum atomic E-state index is 13.1. The first-order chi connectivity index (χ1) is 15.9. The molecule has 1 aliphatic heterocycles. The Morgan fingerprint density at radius 1 is 0.970 bits per heavy atom. The van der Waals surface area contributed by atoms with Crippen molar-refractivity contribution >= 4 is 17.9 Å². The van der Waals surface area contributed by atoms with E-state index in [1.807, 2.05) is 24.3 Å². The molecular weight excluding hydrogens is 418 g/mol. The molecule has 5 aliphatic rings. The fourth-order valence-corrected chi connectivity index (χ4v) is 7.14. The third-order valence-corrected chi connectivity index (χ3v) is 8.45. The number of hydrogen-bond acceptors (Lipinski definition) is 4. The highest BCUT2D eigenvalue weighted by Gasteiger charge is 2.54. The molecule has 4 bridgehead atoms. The van der Waals surface area contributed by atoms with E-state index in [9.17, 15) is 14.4 Å². The van der Waals surface area contributed by atoms with Gasteiger partial charge in [0.1, 0.15) is 0 Å². The van der Waals surface area contributed by atoms with Crippen LogP contribution in [0.1, 0.15) is 67.3 Å². The molecule has 4 saturated carbocycles. The number of methoxy groups -OCH3 is 1. The van der Waals surface area contributed by atoms with Crippen molar-refractivity contribution in [3.8, 4) is 0 Å². The van der Waals surface area contributed by atoms with Crippen molar-refractivity contribution in [3.63, 3.8) is 0 Å². The molecule has 178 valence electrons. The SMILES string of the molecule is COC(=O)N1CCC(NC(=O)c2ccc(CNC(=O)C34CC5CC(CC(C5)C3)C4)cc2)CC1. The van der Waals surface area contributed by atoms with Crippen molar-refractivity contribution in [1.82, 2.24) is 15.5 Å². The van der Waals surface area contributed by atoms with Crippen LogP contribution in [0.5, 0.6) is 0 Å². The Morgan fingerprint density at radius 3 is 2.09 bits per heavy atom. The van der Waals surface area contributed by atoms with Crippen molar-refractivity contribution in [2.24, 2.45) is 23.2 Å². The Labute approximate surface area is 195 Å². The van der Waals surface area contributed by atoms with E-state index in [1.54, 1.807) is 4.90 Å². The largest absolute Gasteiger partial charge is 0.453 e. The lowest BCUT2D eigenvalue weighted by Crippen LogP contribution is -2.53. The number of rotatable bonds is 5. The van der Waals surface area contributed by atoms with Gasteiger partial charge in [0.2, 0.25) is 5.91 Å². The van der Waals surface area contributed by atoms with E-state index in [0.29, 0.717) is 25.2 Å². The molecule has 33 heavy (non-hydrogen) atoms. The molecule has 0 aromatic heterocycles. The van der Waals surface area contributed by atoms with Gasteiger partial charge in [-0.2, -0.15) is 0 Å². The van der Waals surface area contributed by atoms with Gasteiger partial charge in [-0.05, 0) is 86.8 Å². The molecule has 4 aliphatic carbocycles. The van der Waals surface area contributed by atoms with Crippen LogP contribution in [0.2, 0.25) is 0 Å². The predicted octanol–water partition coefficient (Wildman–Crippen LogP) is 3.48. The summed E-state index contributed by atoms with van der Waals surface area (Å²) in [7, 11) is 1.38. The van der Waals surface area contributed by atoms with E-state index in [2.05, 4.69) is 10.6 Å². The van der Waals surface area contributed by atoms with Crippen molar-refractivity contribution in [2.45, 2.75) is 64.0 Å². The maximum absolute atomic E-state index is 13.1. The molecule has 1 aromatic rings. The molecule has 3 amide bonds. The molecule has 7 nitrogen and oxygen atoms in total. The first-order valence-corrected chi connectivity index (χ1v) is 12.4. The van der Waals surface area contributed by atoms with E-state index in [1.165, 1.54) is 26.4 Å². The number of amides is 3. The molecule has 0 spiro atoms. The number of likely N-dealkylation sites (tertiary alicyclic amines) is 1. The number of nitrogens with zero attached hydrogens (tertiary/aromatic N) is 1. The zero-order valence-corrected chi connectivity index (χ0v) is 19.5. The first-order valence-electron chi connectivity index (χ1n) is 12.4. The molecule has 0 unspecified atom stereocenters. The molecule has 6 rings (SSSR count).